The maximum atomic E-state index is 11.7. The van der Waals surface area contributed by atoms with Crippen LogP contribution >= 0.6 is 0 Å². The molecule has 0 radical (unpaired) electrons. The molecule has 17 heavy (non-hydrogen) atoms. The minimum absolute atomic E-state index is 0.0588. The maximum absolute atomic E-state index is 11.7. The van der Waals surface area contributed by atoms with Crippen molar-refractivity contribution < 1.29 is 14.7 Å². The van der Waals surface area contributed by atoms with Crippen molar-refractivity contribution in [1.82, 2.24) is 10.2 Å². The van der Waals surface area contributed by atoms with Gasteiger partial charge in [0, 0.05) is 12.6 Å². The summed E-state index contributed by atoms with van der Waals surface area (Å²) in [6.45, 7) is 2.40. The molecule has 0 heterocycles. The van der Waals surface area contributed by atoms with Crippen LogP contribution < -0.4 is 5.32 Å². The standard InChI is InChI=1S/C12H18N2O3/c1-3-7-13-12(17)9(2)14(10-4-5-10)8-6-11(15)16/h1,9-10H,4-8H2,2H3,(H,13,17)(H,15,16). The van der Waals surface area contributed by atoms with Crippen LogP contribution in [-0.4, -0.2) is 47.1 Å². The minimum atomic E-state index is -0.841. The molecule has 0 aromatic heterocycles. The van der Waals surface area contributed by atoms with Crippen LogP contribution in [0.1, 0.15) is 26.2 Å². The number of carbonyl (C=O) groups is 2. The molecule has 1 aliphatic carbocycles. The van der Waals surface area contributed by atoms with Crippen molar-refractivity contribution in [2.24, 2.45) is 0 Å². The summed E-state index contributed by atoms with van der Waals surface area (Å²) in [6.07, 6.45) is 7.19. The Labute approximate surface area is 101 Å². The minimum Gasteiger partial charge on any atom is -0.481 e. The summed E-state index contributed by atoms with van der Waals surface area (Å²) in [6, 6.07) is 0.0242. The molecule has 5 heteroatoms. The Hall–Kier alpha value is -1.54. The second-order valence-corrected chi connectivity index (χ2v) is 4.21. The summed E-state index contributed by atoms with van der Waals surface area (Å²) in [5, 5.41) is 11.3. The fraction of sp³-hybridized carbons (Fsp3) is 0.667. The lowest BCUT2D eigenvalue weighted by Crippen LogP contribution is -2.47. The smallest absolute Gasteiger partial charge is 0.304 e. The molecule has 0 bridgehead atoms. The number of amides is 1. The van der Waals surface area contributed by atoms with Gasteiger partial charge >= 0.3 is 5.97 Å². The Morgan fingerprint density at radius 2 is 2.24 bits per heavy atom. The van der Waals surface area contributed by atoms with Crippen molar-refractivity contribution >= 4 is 11.9 Å². The van der Waals surface area contributed by atoms with Gasteiger partial charge in [-0.25, -0.2) is 0 Å². The average molecular weight is 238 g/mol. The predicted octanol–water partition coefficient (Wildman–Crippen LogP) is 0.0634. The van der Waals surface area contributed by atoms with Crippen molar-refractivity contribution in [2.45, 2.75) is 38.3 Å². The quantitative estimate of drug-likeness (QED) is 0.615. The highest BCUT2D eigenvalue weighted by Crippen LogP contribution is 2.28. The normalized spacial score (nSPS) is 16.3. The van der Waals surface area contributed by atoms with E-state index in [4.69, 9.17) is 11.5 Å². The van der Waals surface area contributed by atoms with Gasteiger partial charge in [0.2, 0.25) is 5.91 Å². The number of nitrogens with zero attached hydrogens (tertiary/aromatic N) is 1. The molecule has 0 aromatic rings. The molecule has 0 aromatic carbocycles. The number of carboxylic acids is 1. The third-order valence-electron chi connectivity index (χ3n) is 2.84. The van der Waals surface area contributed by atoms with Crippen LogP contribution in [-0.2, 0) is 9.59 Å². The SMILES string of the molecule is C#CCNC(=O)C(C)N(CCC(=O)O)C1CC1. The summed E-state index contributed by atoms with van der Waals surface area (Å²) in [7, 11) is 0. The fourth-order valence-electron chi connectivity index (χ4n) is 1.76. The van der Waals surface area contributed by atoms with Crippen molar-refractivity contribution in [3.8, 4) is 12.3 Å². The van der Waals surface area contributed by atoms with Crippen LogP contribution in [0.5, 0.6) is 0 Å². The zero-order valence-electron chi connectivity index (χ0n) is 9.98. The number of rotatable bonds is 7. The zero-order chi connectivity index (χ0) is 12.8. The van der Waals surface area contributed by atoms with E-state index in [9.17, 15) is 9.59 Å². The molecule has 1 atom stereocenters. The van der Waals surface area contributed by atoms with Gasteiger partial charge in [-0.1, -0.05) is 5.92 Å². The molecule has 1 rings (SSSR count). The molecule has 0 aliphatic heterocycles. The first kappa shape index (κ1) is 13.5. The first-order chi connectivity index (χ1) is 8.06. The highest BCUT2D eigenvalue weighted by atomic mass is 16.4. The average Bonchev–Trinajstić information content (AvgIpc) is 3.09. The van der Waals surface area contributed by atoms with E-state index >= 15 is 0 Å². The third-order valence-corrected chi connectivity index (χ3v) is 2.84. The van der Waals surface area contributed by atoms with E-state index < -0.39 is 5.97 Å². The Morgan fingerprint density at radius 3 is 2.71 bits per heavy atom. The maximum Gasteiger partial charge on any atom is 0.304 e. The lowest BCUT2D eigenvalue weighted by molar-refractivity contribution is -0.138. The van der Waals surface area contributed by atoms with Gasteiger partial charge < -0.3 is 10.4 Å². The highest BCUT2D eigenvalue weighted by molar-refractivity contribution is 5.81. The molecule has 1 fully saturated rings. The van der Waals surface area contributed by atoms with Gasteiger partial charge in [-0.3, -0.25) is 14.5 Å². The molecule has 1 amide bonds. The highest BCUT2D eigenvalue weighted by Gasteiger charge is 2.34. The number of hydrogen-bond donors (Lipinski definition) is 2. The van der Waals surface area contributed by atoms with E-state index in [2.05, 4.69) is 11.2 Å². The van der Waals surface area contributed by atoms with Crippen LogP contribution in [0, 0.1) is 12.3 Å². The molecule has 1 unspecified atom stereocenters. The van der Waals surface area contributed by atoms with Gasteiger partial charge in [0.25, 0.3) is 0 Å². The van der Waals surface area contributed by atoms with Crippen molar-refractivity contribution in [2.75, 3.05) is 13.1 Å². The van der Waals surface area contributed by atoms with Crippen LogP contribution in [0.25, 0.3) is 0 Å². The second kappa shape index (κ2) is 6.26. The number of aliphatic carboxylic acids is 1. The number of terminal acetylenes is 1. The van der Waals surface area contributed by atoms with E-state index in [1.807, 2.05) is 4.90 Å². The van der Waals surface area contributed by atoms with E-state index in [0.29, 0.717) is 12.6 Å². The Kier molecular flexibility index (Phi) is 4.98. The van der Waals surface area contributed by atoms with Crippen LogP contribution in [0.2, 0.25) is 0 Å². The molecular weight excluding hydrogens is 220 g/mol. The lowest BCUT2D eigenvalue weighted by Gasteiger charge is -2.27. The fourth-order valence-corrected chi connectivity index (χ4v) is 1.76. The monoisotopic (exact) mass is 238 g/mol. The predicted molar refractivity (Wildman–Crippen MR) is 63.3 cm³/mol. The number of hydrogen-bond acceptors (Lipinski definition) is 3. The van der Waals surface area contributed by atoms with Crippen molar-refractivity contribution in [3.05, 3.63) is 0 Å². The first-order valence-corrected chi connectivity index (χ1v) is 5.75. The van der Waals surface area contributed by atoms with Crippen LogP contribution in [0.4, 0.5) is 0 Å². The molecular formula is C12H18N2O3. The summed E-state index contributed by atoms with van der Waals surface area (Å²) < 4.78 is 0. The Morgan fingerprint density at radius 1 is 1.59 bits per heavy atom. The van der Waals surface area contributed by atoms with Crippen LogP contribution in [0.3, 0.4) is 0 Å². The van der Waals surface area contributed by atoms with Crippen molar-refractivity contribution in [3.63, 3.8) is 0 Å². The Bertz CT molecular complexity index is 331. The topological polar surface area (TPSA) is 69.6 Å². The van der Waals surface area contributed by atoms with Gasteiger partial charge in [-0.2, -0.15) is 0 Å². The van der Waals surface area contributed by atoms with E-state index in [-0.39, 0.29) is 24.9 Å². The number of nitrogens with one attached hydrogen (secondary N) is 1. The third kappa shape index (κ3) is 4.45. The molecule has 2 N–H and O–H groups in total. The second-order valence-electron chi connectivity index (χ2n) is 4.21. The van der Waals surface area contributed by atoms with Gasteiger partial charge in [0.15, 0.2) is 0 Å². The summed E-state index contributed by atoms with van der Waals surface area (Å²) >= 11 is 0. The Balaban J connectivity index is 2.48. The van der Waals surface area contributed by atoms with Crippen molar-refractivity contribution in [1.29, 1.82) is 0 Å². The summed E-state index contributed by atoms with van der Waals surface area (Å²) in [5.74, 6) is 1.36. The lowest BCUT2D eigenvalue weighted by atomic mass is 10.2. The summed E-state index contributed by atoms with van der Waals surface area (Å²) in [5.41, 5.74) is 0. The molecule has 0 saturated heterocycles. The summed E-state index contributed by atoms with van der Waals surface area (Å²) in [4.78, 5) is 24.2. The molecule has 5 nitrogen and oxygen atoms in total. The largest absolute Gasteiger partial charge is 0.481 e. The first-order valence-electron chi connectivity index (χ1n) is 5.75. The van der Waals surface area contributed by atoms with E-state index in [1.165, 1.54) is 0 Å². The van der Waals surface area contributed by atoms with Gasteiger partial charge in [-0.15, -0.1) is 6.42 Å². The molecule has 1 aliphatic rings. The van der Waals surface area contributed by atoms with E-state index in [1.54, 1.807) is 6.92 Å². The van der Waals surface area contributed by atoms with Crippen LogP contribution in [0.15, 0.2) is 0 Å². The number of carbonyl (C=O) groups excluding carboxylic acids is 1. The van der Waals surface area contributed by atoms with Gasteiger partial charge in [-0.05, 0) is 19.8 Å². The van der Waals surface area contributed by atoms with Gasteiger partial charge in [0.05, 0.1) is 19.0 Å². The molecule has 0 spiro atoms. The molecule has 1 saturated carbocycles. The van der Waals surface area contributed by atoms with Gasteiger partial charge in [0.1, 0.15) is 0 Å². The van der Waals surface area contributed by atoms with E-state index in [0.717, 1.165) is 12.8 Å². The number of carboxylic acid groups (broad SMARTS) is 1. The molecule has 94 valence electrons. The zero-order valence-corrected chi connectivity index (χ0v) is 9.98.